The molecule has 124 valence electrons. The molecule has 0 unspecified atom stereocenters. The summed E-state index contributed by atoms with van der Waals surface area (Å²) in [6.45, 7) is 8.68. The zero-order chi connectivity index (χ0) is 16.0. The molecule has 0 aromatic heterocycles. The zero-order valence-electron chi connectivity index (χ0n) is 13.2. The maximum absolute atomic E-state index is 12.2. The topological polar surface area (TPSA) is 78.7 Å². The number of benzene rings is 1. The Morgan fingerprint density at radius 1 is 1.05 bits per heavy atom. The molecule has 1 heterocycles. The van der Waals surface area contributed by atoms with Gasteiger partial charge in [-0.3, -0.25) is 9.80 Å². The summed E-state index contributed by atoms with van der Waals surface area (Å²) < 4.78 is 27.0. The van der Waals surface area contributed by atoms with E-state index >= 15 is 0 Å². The molecule has 0 saturated carbocycles. The summed E-state index contributed by atoms with van der Waals surface area (Å²) in [4.78, 5) is 4.95. The molecule has 0 atom stereocenters. The Labute approximate surface area is 133 Å². The third-order valence-corrected chi connectivity index (χ3v) is 5.44. The van der Waals surface area contributed by atoms with Crippen LogP contribution in [0.3, 0.4) is 0 Å². The van der Waals surface area contributed by atoms with Crippen LogP contribution in [0.1, 0.15) is 5.56 Å². The van der Waals surface area contributed by atoms with E-state index in [0.717, 1.165) is 44.8 Å². The summed E-state index contributed by atoms with van der Waals surface area (Å²) in [6, 6.07) is 6.91. The molecule has 0 bridgehead atoms. The highest BCUT2D eigenvalue weighted by Crippen LogP contribution is 2.09. The summed E-state index contributed by atoms with van der Waals surface area (Å²) >= 11 is 0. The first-order valence-corrected chi connectivity index (χ1v) is 9.21. The van der Waals surface area contributed by atoms with Crippen LogP contribution in [0.25, 0.3) is 0 Å². The van der Waals surface area contributed by atoms with Crippen LogP contribution < -0.4 is 10.5 Å². The molecule has 7 heteroatoms. The molecule has 0 amide bonds. The molecular weight excluding hydrogens is 300 g/mol. The minimum atomic E-state index is -3.40. The van der Waals surface area contributed by atoms with Crippen LogP contribution in [-0.2, 0) is 10.0 Å². The standard InChI is InChI=1S/C15H26N4O2S/c1-14-2-4-15(5-3-14)22(20,21)17-7-9-19-12-10-18(8-6-16)11-13-19/h2-5,17H,6-13,16H2,1H3. The normalized spacial score (nSPS) is 17.7. The van der Waals surface area contributed by atoms with Crippen molar-refractivity contribution >= 4 is 10.0 Å². The quantitative estimate of drug-likeness (QED) is 0.728. The molecule has 1 aliphatic rings. The number of sulfonamides is 1. The summed E-state index contributed by atoms with van der Waals surface area (Å²) in [5.74, 6) is 0. The van der Waals surface area contributed by atoms with E-state index in [4.69, 9.17) is 5.73 Å². The van der Waals surface area contributed by atoms with Gasteiger partial charge in [-0.25, -0.2) is 13.1 Å². The lowest BCUT2D eigenvalue weighted by molar-refractivity contribution is 0.137. The number of nitrogens with zero attached hydrogens (tertiary/aromatic N) is 2. The first-order chi connectivity index (χ1) is 10.5. The lowest BCUT2D eigenvalue weighted by atomic mass is 10.2. The fourth-order valence-corrected chi connectivity index (χ4v) is 3.58. The Morgan fingerprint density at radius 3 is 2.14 bits per heavy atom. The first-order valence-electron chi connectivity index (χ1n) is 7.72. The van der Waals surface area contributed by atoms with E-state index < -0.39 is 10.0 Å². The number of piperazine rings is 1. The molecule has 1 saturated heterocycles. The van der Waals surface area contributed by atoms with E-state index in [9.17, 15) is 8.42 Å². The van der Waals surface area contributed by atoms with Crippen molar-refractivity contribution in [2.45, 2.75) is 11.8 Å². The minimum absolute atomic E-state index is 0.325. The molecule has 0 radical (unpaired) electrons. The summed E-state index contributed by atoms with van der Waals surface area (Å²) in [5.41, 5.74) is 6.60. The lowest BCUT2D eigenvalue weighted by Crippen LogP contribution is -2.49. The molecule has 1 aliphatic heterocycles. The van der Waals surface area contributed by atoms with Crippen LogP contribution >= 0.6 is 0 Å². The number of aryl methyl sites for hydroxylation is 1. The van der Waals surface area contributed by atoms with Gasteiger partial charge < -0.3 is 5.73 Å². The molecule has 22 heavy (non-hydrogen) atoms. The van der Waals surface area contributed by atoms with Gasteiger partial charge in [0.05, 0.1) is 4.90 Å². The van der Waals surface area contributed by atoms with Gasteiger partial charge in [-0.05, 0) is 19.1 Å². The number of nitrogens with two attached hydrogens (primary N) is 1. The van der Waals surface area contributed by atoms with Crippen molar-refractivity contribution in [2.24, 2.45) is 5.73 Å². The Morgan fingerprint density at radius 2 is 1.59 bits per heavy atom. The predicted molar refractivity (Wildman–Crippen MR) is 88.3 cm³/mol. The Hall–Kier alpha value is -0.990. The smallest absolute Gasteiger partial charge is 0.240 e. The third-order valence-electron chi connectivity index (χ3n) is 3.96. The second-order valence-electron chi connectivity index (χ2n) is 5.68. The maximum atomic E-state index is 12.2. The second kappa shape index (κ2) is 8.03. The van der Waals surface area contributed by atoms with Crippen molar-refractivity contribution in [2.75, 3.05) is 52.4 Å². The first kappa shape index (κ1) is 17.4. The number of rotatable bonds is 7. The van der Waals surface area contributed by atoms with Gasteiger partial charge in [0, 0.05) is 52.4 Å². The van der Waals surface area contributed by atoms with Gasteiger partial charge in [-0.15, -0.1) is 0 Å². The van der Waals surface area contributed by atoms with E-state index in [1.807, 2.05) is 19.1 Å². The van der Waals surface area contributed by atoms with Crippen molar-refractivity contribution in [3.63, 3.8) is 0 Å². The van der Waals surface area contributed by atoms with Crippen LogP contribution in [0.15, 0.2) is 29.2 Å². The van der Waals surface area contributed by atoms with Crippen LogP contribution in [0, 0.1) is 6.92 Å². The average molecular weight is 326 g/mol. The zero-order valence-corrected chi connectivity index (χ0v) is 14.0. The number of nitrogens with one attached hydrogen (secondary N) is 1. The van der Waals surface area contributed by atoms with Crippen molar-refractivity contribution in [3.8, 4) is 0 Å². The highest BCUT2D eigenvalue weighted by Gasteiger charge is 2.17. The maximum Gasteiger partial charge on any atom is 0.240 e. The summed E-state index contributed by atoms with van der Waals surface area (Å²) in [7, 11) is -3.40. The molecule has 0 aliphatic carbocycles. The van der Waals surface area contributed by atoms with Gasteiger partial charge in [0.1, 0.15) is 0 Å². The fourth-order valence-electron chi connectivity index (χ4n) is 2.56. The van der Waals surface area contributed by atoms with Crippen LogP contribution in [0.5, 0.6) is 0 Å². The highest BCUT2D eigenvalue weighted by molar-refractivity contribution is 7.89. The van der Waals surface area contributed by atoms with Gasteiger partial charge in [-0.1, -0.05) is 17.7 Å². The predicted octanol–water partition coefficient (Wildman–Crippen LogP) is -0.150. The Bertz CT molecular complexity index is 551. The fraction of sp³-hybridized carbons (Fsp3) is 0.600. The molecule has 1 aromatic rings. The minimum Gasteiger partial charge on any atom is -0.329 e. The van der Waals surface area contributed by atoms with E-state index in [-0.39, 0.29) is 0 Å². The molecule has 6 nitrogen and oxygen atoms in total. The van der Waals surface area contributed by atoms with E-state index in [0.29, 0.717) is 18.0 Å². The molecule has 1 fully saturated rings. The number of hydrogen-bond donors (Lipinski definition) is 2. The van der Waals surface area contributed by atoms with Gasteiger partial charge in [-0.2, -0.15) is 0 Å². The van der Waals surface area contributed by atoms with Crippen molar-refractivity contribution < 1.29 is 8.42 Å². The molecule has 0 spiro atoms. The van der Waals surface area contributed by atoms with Crippen molar-refractivity contribution in [1.29, 1.82) is 0 Å². The van der Waals surface area contributed by atoms with Gasteiger partial charge in [0.15, 0.2) is 0 Å². The van der Waals surface area contributed by atoms with Gasteiger partial charge in [0.25, 0.3) is 0 Å². The van der Waals surface area contributed by atoms with Crippen molar-refractivity contribution in [3.05, 3.63) is 29.8 Å². The average Bonchev–Trinajstić information content (AvgIpc) is 2.50. The SMILES string of the molecule is Cc1ccc(S(=O)(=O)NCCN2CCN(CCN)CC2)cc1. The Balaban J connectivity index is 1.75. The Kier molecular flexibility index (Phi) is 6.34. The molecular formula is C15H26N4O2S. The van der Waals surface area contributed by atoms with Crippen molar-refractivity contribution in [1.82, 2.24) is 14.5 Å². The molecule has 1 aromatic carbocycles. The van der Waals surface area contributed by atoms with E-state index in [1.165, 1.54) is 0 Å². The van der Waals surface area contributed by atoms with Gasteiger partial charge >= 0.3 is 0 Å². The summed E-state index contributed by atoms with van der Waals surface area (Å²) in [5, 5.41) is 0. The second-order valence-corrected chi connectivity index (χ2v) is 7.45. The number of hydrogen-bond acceptors (Lipinski definition) is 5. The lowest BCUT2D eigenvalue weighted by Gasteiger charge is -2.34. The van der Waals surface area contributed by atoms with Gasteiger partial charge in [0.2, 0.25) is 10.0 Å². The van der Waals surface area contributed by atoms with Crippen LogP contribution in [-0.4, -0.2) is 70.6 Å². The van der Waals surface area contributed by atoms with Crippen LogP contribution in [0.2, 0.25) is 0 Å². The highest BCUT2D eigenvalue weighted by atomic mass is 32.2. The summed E-state index contributed by atoms with van der Waals surface area (Å²) in [6.07, 6.45) is 0. The third kappa shape index (κ3) is 5.03. The monoisotopic (exact) mass is 326 g/mol. The molecule has 2 rings (SSSR count). The largest absolute Gasteiger partial charge is 0.329 e. The van der Waals surface area contributed by atoms with Crippen LogP contribution in [0.4, 0.5) is 0 Å². The van der Waals surface area contributed by atoms with E-state index in [1.54, 1.807) is 12.1 Å². The molecule has 3 N–H and O–H groups in total. The van der Waals surface area contributed by atoms with E-state index in [2.05, 4.69) is 14.5 Å².